The van der Waals surface area contributed by atoms with E-state index in [1.807, 2.05) is 0 Å². The maximum absolute atomic E-state index is 10.7. The standard InChI is InChI=1S/C42H48N8.2C2H3N.4F6P/c1-5-19-39-35(15-1)43-23-9-10-24-44-32-49(41-21-7-2-16-36(41)44)29-14-30-50-34-46(38-18-4-8-22-42(38)50)26-12-11-25-45-33-48(28-13-27-47(39)31-43)40-20-6-3-17-37(40)45;2*1-2-3;4*1-7(2,3,4,5)6/h1-8,15-22,31-34H,9-14,23-30H2;2*1H3;;;;/q+4;;;4*-1. The van der Waals surface area contributed by atoms with Crippen LogP contribution in [0.1, 0.15) is 52.4 Å². The summed E-state index contributed by atoms with van der Waals surface area (Å²) >= 11 is 0. The Labute approximate surface area is 461 Å². The van der Waals surface area contributed by atoms with Crippen LogP contribution < -0.4 is 18.3 Å². The summed E-state index contributed by atoms with van der Waals surface area (Å²) in [5.74, 6) is 0. The molecule has 9 rings (SSSR count). The van der Waals surface area contributed by atoms with Crippen molar-refractivity contribution in [3.05, 3.63) is 122 Å². The summed E-state index contributed by atoms with van der Waals surface area (Å²) in [5, 5.41) is 14.6. The predicted octanol–water partition coefficient (Wildman–Crippen LogP) is 20.7. The van der Waals surface area contributed by atoms with Crippen LogP contribution in [0.4, 0.5) is 101 Å². The van der Waals surface area contributed by atoms with Crippen molar-refractivity contribution in [2.75, 3.05) is 0 Å². The summed E-state index contributed by atoms with van der Waals surface area (Å²) in [5.41, 5.74) is 10.6. The van der Waals surface area contributed by atoms with Gasteiger partial charge >= 0.3 is 132 Å². The topological polar surface area (TPSA) is 82.8 Å². The maximum atomic E-state index is 9.87. The third-order valence-corrected chi connectivity index (χ3v) is 10.8. The van der Waals surface area contributed by atoms with E-state index in [1.165, 1.54) is 58.0 Å². The molecule has 0 spiro atoms. The normalized spacial score (nSPS) is 17.2. The molecular weight excluding hydrogens is 1270 g/mol. The van der Waals surface area contributed by atoms with Crippen LogP contribution in [-0.4, -0.2) is 18.3 Å². The van der Waals surface area contributed by atoms with Gasteiger partial charge in [0.05, 0.1) is 64.5 Å². The first kappa shape index (κ1) is 72.0. The van der Waals surface area contributed by atoms with Crippen LogP contribution in [0.15, 0.2) is 122 Å². The van der Waals surface area contributed by atoms with E-state index in [2.05, 4.69) is 159 Å². The number of benzene rings is 4. The molecule has 1 aliphatic heterocycles. The molecule has 0 atom stereocenters. The van der Waals surface area contributed by atoms with Gasteiger partial charge in [0.2, 0.25) is 25.3 Å². The first-order valence-electron chi connectivity index (χ1n) is 24.2. The number of aryl methyl sites for hydroxylation is 8. The Morgan fingerprint density at radius 1 is 0.298 bits per heavy atom. The summed E-state index contributed by atoms with van der Waals surface area (Å²) in [6.07, 6.45) is 16.2. The van der Waals surface area contributed by atoms with Gasteiger partial charge in [-0.3, -0.25) is 0 Å². The number of imidazole rings is 4. The van der Waals surface area contributed by atoms with Gasteiger partial charge in [-0.1, -0.05) is 48.5 Å². The second-order valence-electron chi connectivity index (χ2n) is 18.4. The Morgan fingerprint density at radius 3 is 0.595 bits per heavy atom. The van der Waals surface area contributed by atoms with Crippen molar-refractivity contribution < 1.29 is 119 Å². The molecule has 38 heteroatoms. The van der Waals surface area contributed by atoms with Gasteiger partial charge in [0.25, 0.3) is 0 Å². The molecule has 84 heavy (non-hydrogen) atoms. The molecule has 10 nitrogen and oxygen atoms in total. The number of hydrogen-bond donors (Lipinski definition) is 0. The molecule has 5 heterocycles. The summed E-state index contributed by atoms with van der Waals surface area (Å²) < 4.78 is 257. The van der Waals surface area contributed by atoms with E-state index in [9.17, 15) is 101 Å². The molecule has 0 amide bonds. The minimum Gasteiger partial charge on any atom is -0.230 e. The Morgan fingerprint density at radius 2 is 0.440 bits per heavy atom. The zero-order chi connectivity index (χ0) is 64.3. The minimum atomic E-state index is -10.7. The van der Waals surface area contributed by atoms with Crippen molar-refractivity contribution in [1.29, 1.82) is 10.5 Å². The summed E-state index contributed by atoms with van der Waals surface area (Å²) in [4.78, 5) is 0. The Hall–Kier alpha value is -6.22. The van der Waals surface area contributed by atoms with Crippen molar-refractivity contribution >= 4 is 75.4 Å². The maximum Gasteiger partial charge on any atom is 0.244 e. The smallest absolute Gasteiger partial charge is 0.230 e. The largest absolute Gasteiger partial charge is 0.244 e. The summed E-state index contributed by atoms with van der Waals surface area (Å²) in [6.45, 7) is 11.0. The average Bonchev–Trinajstić information content (AvgIpc) is 3.86. The van der Waals surface area contributed by atoms with Crippen molar-refractivity contribution in [1.82, 2.24) is 18.3 Å². The van der Waals surface area contributed by atoms with Gasteiger partial charge in [-0.15, -0.1) is 0 Å². The molecule has 1 aliphatic rings. The van der Waals surface area contributed by atoms with Crippen molar-refractivity contribution in [2.24, 2.45) is 0 Å². The average molecular weight is 1330 g/mol. The van der Waals surface area contributed by atoms with Gasteiger partial charge < -0.3 is 0 Å². The quantitative estimate of drug-likeness (QED) is 0.0861. The van der Waals surface area contributed by atoms with Crippen LogP contribution in [0.25, 0.3) is 44.1 Å². The molecule has 4 aromatic carbocycles. The van der Waals surface area contributed by atoms with Crippen molar-refractivity contribution in [2.45, 2.75) is 105 Å². The molecule has 0 radical (unpaired) electrons. The van der Waals surface area contributed by atoms with E-state index < -0.39 is 31.2 Å². The van der Waals surface area contributed by atoms with Gasteiger partial charge in [-0.05, 0) is 74.2 Å². The van der Waals surface area contributed by atoms with Crippen LogP contribution in [0.2, 0.25) is 0 Å². The van der Waals surface area contributed by atoms with Gasteiger partial charge in [0.1, 0.15) is 0 Å². The zero-order valence-corrected chi connectivity index (χ0v) is 47.4. The van der Waals surface area contributed by atoms with Crippen LogP contribution in [0.5, 0.6) is 0 Å². The first-order valence-corrected chi connectivity index (χ1v) is 32.3. The number of rotatable bonds is 0. The third kappa shape index (κ3) is 33.9. The number of fused-ring (bicyclic) bond motifs is 20. The molecule has 0 saturated heterocycles. The number of nitriles is 2. The van der Waals surface area contributed by atoms with Crippen molar-refractivity contribution in [3.63, 3.8) is 0 Å². The molecular formula is C46H54F24N10P4. The number of hydrogen-bond acceptors (Lipinski definition) is 2. The number of nitrogens with zero attached hydrogens (tertiary/aromatic N) is 10. The third-order valence-electron chi connectivity index (χ3n) is 10.8. The van der Waals surface area contributed by atoms with Gasteiger partial charge in [0.15, 0.2) is 44.1 Å². The van der Waals surface area contributed by atoms with E-state index in [-0.39, 0.29) is 0 Å². The molecule has 0 saturated carbocycles. The van der Waals surface area contributed by atoms with E-state index in [0.717, 1.165) is 90.9 Å². The minimum absolute atomic E-state index is 1.00. The second-order valence-corrected chi connectivity index (χ2v) is 26.0. The first-order chi connectivity index (χ1) is 37.4. The summed E-state index contributed by atoms with van der Waals surface area (Å²) in [7, 11) is -42.6. The SMILES string of the molecule is CC#N.CC#N.F[P-](F)(F)(F)(F)F.F[P-](F)(F)(F)(F)F.F[P-](F)(F)(F)(F)F.F[P-](F)(F)(F)(F)F.c1ccc2c(c1)n1c[n+]2CCC[n+]2cn(c3ccccc32)CCCCn2c[n+](c3ccccc32)CCC[n+]2cn(c3ccccc32)CCCC1. The molecule has 8 bridgehead atoms. The zero-order valence-electron chi connectivity index (χ0n) is 43.8. The predicted molar refractivity (Wildman–Crippen MR) is 273 cm³/mol. The number of aromatic nitrogens is 8. The Kier molecular flexibility index (Phi) is 19.9. The molecule has 0 unspecified atom stereocenters. The second kappa shape index (κ2) is 23.2. The van der Waals surface area contributed by atoms with E-state index in [1.54, 1.807) is 12.1 Å². The van der Waals surface area contributed by atoms with Gasteiger partial charge in [0, 0.05) is 26.7 Å². The Balaban J connectivity index is 0.000000444. The number of halogens is 24. The van der Waals surface area contributed by atoms with Gasteiger partial charge in [-0.25, -0.2) is 36.5 Å². The summed E-state index contributed by atoms with van der Waals surface area (Å²) in [6, 6.07) is 39.2. The fourth-order valence-corrected chi connectivity index (χ4v) is 8.35. The van der Waals surface area contributed by atoms with E-state index in [0.29, 0.717) is 0 Å². The van der Waals surface area contributed by atoms with Crippen molar-refractivity contribution in [3.8, 4) is 12.1 Å². The molecule has 476 valence electrons. The molecule has 0 fully saturated rings. The molecule has 4 aromatic heterocycles. The number of para-hydroxylation sites is 8. The molecule has 8 aromatic rings. The molecule has 0 N–H and O–H groups in total. The Bertz CT molecular complexity index is 3110. The monoisotopic (exact) mass is 1330 g/mol. The van der Waals surface area contributed by atoms with E-state index >= 15 is 0 Å². The fraction of sp³-hybridized carbons (Fsp3) is 0.348. The van der Waals surface area contributed by atoms with E-state index in [4.69, 9.17) is 10.5 Å². The van der Waals surface area contributed by atoms with Crippen LogP contribution in [-0.2, 0) is 52.4 Å². The van der Waals surface area contributed by atoms with Crippen LogP contribution in [0.3, 0.4) is 0 Å². The fourth-order valence-electron chi connectivity index (χ4n) is 8.35. The van der Waals surface area contributed by atoms with Gasteiger partial charge in [-0.2, -0.15) is 10.5 Å². The molecule has 0 aliphatic carbocycles. The van der Waals surface area contributed by atoms with Crippen LogP contribution in [0, 0.1) is 22.7 Å². The van der Waals surface area contributed by atoms with Crippen LogP contribution >= 0.6 is 31.2 Å².